The largest absolute Gasteiger partial charge is 0.496 e. The monoisotopic (exact) mass is 673 g/mol. The molecule has 2 aliphatic rings. The smallest absolute Gasteiger partial charge is 0.328 e. The van der Waals surface area contributed by atoms with Crippen molar-refractivity contribution >= 4 is 40.8 Å². The van der Waals surface area contributed by atoms with Gasteiger partial charge in [0.05, 0.1) is 36.7 Å². The maximum Gasteiger partial charge on any atom is 0.328 e. The van der Waals surface area contributed by atoms with Gasteiger partial charge in [0.1, 0.15) is 11.4 Å². The van der Waals surface area contributed by atoms with Crippen LogP contribution >= 0.6 is 11.6 Å². The van der Waals surface area contributed by atoms with Gasteiger partial charge in [0.2, 0.25) is 0 Å². The molecule has 0 spiro atoms. The fourth-order valence-electron chi connectivity index (χ4n) is 5.91. The predicted molar refractivity (Wildman–Crippen MR) is 180 cm³/mol. The molecule has 0 radical (unpaired) electrons. The summed E-state index contributed by atoms with van der Waals surface area (Å²) in [7, 11) is 5.35. The number of hydrogen-bond donors (Lipinski definition) is 4. The highest BCUT2D eigenvalue weighted by Crippen LogP contribution is 2.38. The number of likely N-dealkylation sites (N-methyl/N-ethyl adjacent to an activating group) is 1. The Balaban J connectivity index is 1.19. The number of nitrogens with zero attached hydrogens (tertiary/aromatic N) is 4. The Morgan fingerprint density at radius 3 is 2.46 bits per heavy atom. The van der Waals surface area contributed by atoms with Crippen molar-refractivity contribution in [1.82, 2.24) is 24.8 Å². The average Bonchev–Trinajstić information content (AvgIpc) is 3.37. The van der Waals surface area contributed by atoms with E-state index in [-0.39, 0.29) is 31.4 Å². The first-order chi connectivity index (χ1) is 23.0. The second-order valence-corrected chi connectivity index (χ2v) is 12.4. The van der Waals surface area contributed by atoms with Crippen molar-refractivity contribution in [1.29, 1.82) is 0 Å². The number of ether oxygens (including phenoxy) is 2. The van der Waals surface area contributed by atoms with Crippen LogP contribution in [0.25, 0.3) is 11.1 Å². The number of anilines is 2. The van der Waals surface area contributed by atoms with Crippen molar-refractivity contribution < 1.29 is 29.0 Å². The molecule has 4 N–H and O–H groups in total. The molecule has 4 aromatic rings. The summed E-state index contributed by atoms with van der Waals surface area (Å²) in [6, 6.07) is 12.4. The SMILES string of the molecule is COc1cc(C(=O)Nc2cccc(-c3cccc(NC(=O)c4nc5c(n4C)CCN(C)C5)c3Cl)c2C)ncc1CNC1(C(=O)O)COC1. The van der Waals surface area contributed by atoms with E-state index in [9.17, 15) is 19.5 Å². The number of carbonyl (C=O) groups is 3. The van der Waals surface area contributed by atoms with E-state index in [0.717, 1.165) is 35.5 Å². The number of carbonyl (C=O) groups excluding carboxylic acids is 2. The van der Waals surface area contributed by atoms with Crippen LogP contribution < -0.4 is 20.7 Å². The fourth-order valence-corrected chi connectivity index (χ4v) is 6.18. The van der Waals surface area contributed by atoms with Gasteiger partial charge in [0.25, 0.3) is 11.8 Å². The summed E-state index contributed by atoms with van der Waals surface area (Å²) in [5, 5.41) is 18.7. The number of halogens is 1. The number of fused-ring (bicyclic) bond motifs is 1. The Bertz CT molecular complexity index is 1920. The lowest BCUT2D eigenvalue weighted by Crippen LogP contribution is -2.65. The second kappa shape index (κ2) is 13.4. The average molecular weight is 674 g/mol. The Kier molecular flexibility index (Phi) is 9.21. The highest BCUT2D eigenvalue weighted by atomic mass is 35.5. The number of aromatic nitrogens is 3. The molecule has 14 heteroatoms. The van der Waals surface area contributed by atoms with Crippen LogP contribution in [0.4, 0.5) is 11.4 Å². The number of imidazole rings is 1. The highest BCUT2D eigenvalue weighted by Gasteiger charge is 2.46. The molecule has 13 nitrogen and oxygen atoms in total. The molecule has 1 saturated heterocycles. The van der Waals surface area contributed by atoms with Gasteiger partial charge in [0.15, 0.2) is 11.4 Å². The molecule has 1 fully saturated rings. The van der Waals surface area contributed by atoms with Gasteiger partial charge in [-0.1, -0.05) is 35.9 Å². The summed E-state index contributed by atoms with van der Waals surface area (Å²) in [5.41, 5.74) is 4.70. The molecule has 0 saturated carbocycles. The molecule has 2 aromatic heterocycles. The molecule has 0 bridgehead atoms. The van der Waals surface area contributed by atoms with Crippen LogP contribution in [-0.2, 0) is 36.1 Å². The molecule has 6 rings (SSSR count). The van der Waals surface area contributed by atoms with Gasteiger partial charge < -0.3 is 34.7 Å². The van der Waals surface area contributed by atoms with E-state index in [4.69, 9.17) is 21.1 Å². The number of rotatable bonds is 10. The Morgan fingerprint density at radius 2 is 1.77 bits per heavy atom. The Morgan fingerprint density at radius 1 is 1.06 bits per heavy atom. The number of carboxylic acids is 1. The van der Waals surface area contributed by atoms with E-state index >= 15 is 0 Å². The van der Waals surface area contributed by atoms with Crippen LogP contribution in [0.1, 0.15) is 43.6 Å². The van der Waals surface area contributed by atoms with Crippen LogP contribution in [0.15, 0.2) is 48.7 Å². The first-order valence-corrected chi connectivity index (χ1v) is 15.7. The molecule has 250 valence electrons. The molecular weight excluding hydrogens is 638 g/mol. The van der Waals surface area contributed by atoms with Gasteiger partial charge in [-0.15, -0.1) is 0 Å². The minimum Gasteiger partial charge on any atom is -0.496 e. The summed E-state index contributed by atoms with van der Waals surface area (Å²) in [5.74, 6) is -1.10. The number of amides is 2. The quantitative estimate of drug-likeness (QED) is 0.195. The zero-order valence-corrected chi connectivity index (χ0v) is 27.8. The lowest BCUT2D eigenvalue weighted by Gasteiger charge is -2.38. The Hall–Kier alpha value is -4.82. The van der Waals surface area contributed by atoms with Gasteiger partial charge in [-0.05, 0) is 37.2 Å². The first kappa shape index (κ1) is 33.1. The van der Waals surface area contributed by atoms with E-state index in [1.165, 1.54) is 19.4 Å². The van der Waals surface area contributed by atoms with Gasteiger partial charge in [-0.25, -0.2) is 4.98 Å². The summed E-state index contributed by atoms with van der Waals surface area (Å²) in [6.45, 7) is 3.75. The number of carboxylic acid groups (broad SMARTS) is 1. The van der Waals surface area contributed by atoms with Crippen LogP contribution in [0.3, 0.4) is 0 Å². The van der Waals surface area contributed by atoms with E-state index in [0.29, 0.717) is 45.6 Å². The maximum absolute atomic E-state index is 13.3. The van der Waals surface area contributed by atoms with Crippen molar-refractivity contribution in [3.05, 3.63) is 87.7 Å². The predicted octanol–water partition coefficient (Wildman–Crippen LogP) is 3.89. The molecular formula is C34H36ClN7O6. The number of pyridine rings is 1. The van der Waals surface area contributed by atoms with Gasteiger partial charge in [0, 0.05) is 67.9 Å². The van der Waals surface area contributed by atoms with Crippen LogP contribution in [0.5, 0.6) is 5.75 Å². The van der Waals surface area contributed by atoms with Crippen molar-refractivity contribution in [3.8, 4) is 16.9 Å². The standard InChI is InChI=1S/C34H36ClN7O6/c1-19-21(22-8-6-10-24(29(22)35)40-32(44)30-38-26-16-41(2)12-11-27(26)42(30)3)7-5-9-23(19)39-31(43)25-13-28(47-4)20(14-36-25)15-37-34(33(45)46)17-48-18-34/h5-10,13-14,37H,11-12,15-18H2,1-4H3,(H,39,43)(H,40,44)(H,45,46). The van der Waals surface area contributed by atoms with E-state index < -0.39 is 17.4 Å². The topological polar surface area (TPSA) is 160 Å². The van der Waals surface area contributed by atoms with Gasteiger partial charge >= 0.3 is 5.97 Å². The van der Waals surface area contributed by atoms with Crippen molar-refractivity contribution in [2.24, 2.45) is 7.05 Å². The normalized spacial score (nSPS) is 15.3. The number of aliphatic carboxylic acids is 1. The van der Waals surface area contributed by atoms with Crippen LogP contribution in [0, 0.1) is 6.92 Å². The number of hydrogen-bond acceptors (Lipinski definition) is 9. The third-order valence-corrected chi connectivity index (χ3v) is 9.30. The third-order valence-electron chi connectivity index (χ3n) is 8.89. The van der Waals surface area contributed by atoms with Gasteiger partial charge in [-0.2, -0.15) is 0 Å². The Labute approximate surface area is 282 Å². The number of methoxy groups -OCH3 is 1. The summed E-state index contributed by atoms with van der Waals surface area (Å²) in [4.78, 5) is 49.4. The number of nitrogens with one attached hydrogen (secondary N) is 3. The molecule has 2 amide bonds. The highest BCUT2D eigenvalue weighted by molar-refractivity contribution is 6.36. The molecule has 2 aromatic carbocycles. The van der Waals surface area contributed by atoms with Gasteiger partial charge in [-0.3, -0.25) is 24.7 Å². The van der Waals surface area contributed by atoms with Crippen LogP contribution in [0.2, 0.25) is 5.02 Å². The molecule has 2 aliphatic heterocycles. The van der Waals surface area contributed by atoms with Crippen molar-refractivity contribution in [3.63, 3.8) is 0 Å². The molecule has 4 heterocycles. The van der Waals surface area contributed by atoms with E-state index in [2.05, 4.69) is 30.8 Å². The minimum atomic E-state index is -1.16. The molecule has 48 heavy (non-hydrogen) atoms. The van der Waals surface area contributed by atoms with E-state index in [1.54, 1.807) is 18.2 Å². The molecule has 0 aliphatic carbocycles. The number of benzene rings is 2. The van der Waals surface area contributed by atoms with Crippen molar-refractivity contribution in [2.45, 2.75) is 32.0 Å². The maximum atomic E-state index is 13.3. The molecule has 0 unspecified atom stereocenters. The zero-order chi connectivity index (χ0) is 34.2. The lowest BCUT2D eigenvalue weighted by atomic mass is 9.97. The van der Waals surface area contributed by atoms with Crippen molar-refractivity contribution in [2.75, 3.05) is 44.5 Å². The summed E-state index contributed by atoms with van der Waals surface area (Å²) < 4.78 is 12.4. The minimum absolute atomic E-state index is 0.0614. The fraction of sp³-hybridized carbons (Fsp3) is 0.324. The summed E-state index contributed by atoms with van der Waals surface area (Å²) in [6.07, 6.45) is 2.31. The lowest BCUT2D eigenvalue weighted by molar-refractivity contribution is -0.166. The van der Waals surface area contributed by atoms with Crippen LogP contribution in [-0.4, -0.2) is 81.8 Å². The zero-order valence-electron chi connectivity index (χ0n) is 27.0. The molecule has 0 atom stereocenters. The first-order valence-electron chi connectivity index (χ1n) is 15.3. The second-order valence-electron chi connectivity index (χ2n) is 12.0. The third kappa shape index (κ3) is 6.24. The van der Waals surface area contributed by atoms with E-state index in [1.807, 2.05) is 43.8 Å². The summed E-state index contributed by atoms with van der Waals surface area (Å²) >= 11 is 6.89.